The molecule has 151 valence electrons. The summed E-state index contributed by atoms with van der Waals surface area (Å²) in [5, 5.41) is 5.25. The highest BCUT2D eigenvalue weighted by Crippen LogP contribution is 2.26. The summed E-state index contributed by atoms with van der Waals surface area (Å²) in [6.07, 6.45) is 1.08. The Bertz CT molecular complexity index is 1010. The molecule has 30 heavy (non-hydrogen) atoms. The SMILES string of the molecule is CC(CCO[Si](c1ccccc1)c1ccccc1)CSc1ccc2ccccc2c1. The van der Waals surface area contributed by atoms with Crippen LogP contribution in [0, 0.1) is 5.92 Å². The van der Waals surface area contributed by atoms with Gasteiger partial charge in [-0.05, 0) is 45.6 Å². The van der Waals surface area contributed by atoms with Gasteiger partial charge in [0.25, 0.3) is 9.04 Å². The molecule has 0 aliphatic rings. The number of hydrogen-bond donors (Lipinski definition) is 0. The second kappa shape index (κ2) is 10.6. The Hall–Kier alpha value is -2.33. The Kier molecular flexibility index (Phi) is 7.41. The first-order chi connectivity index (χ1) is 14.8. The van der Waals surface area contributed by atoms with Crippen molar-refractivity contribution in [2.24, 2.45) is 5.92 Å². The van der Waals surface area contributed by atoms with Crippen molar-refractivity contribution in [3.8, 4) is 0 Å². The average Bonchev–Trinajstić information content (AvgIpc) is 2.81. The van der Waals surface area contributed by atoms with E-state index in [0.717, 1.165) is 18.8 Å². The molecule has 1 atom stereocenters. The molecule has 0 N–H and O–H groups in total. The van der Waals surface area contributed by atoms with Crippen LogP contribution in [0.2, 0.25) is 0 Å². The van der Waals surface area contributed by atoms with Crippen molar-refractivity contribution < 1.29 is 4.43 Å². The lowest BCUT2D eigenvalue weighted by atomic mass is 10.1. The lowest BCUT2D eigenvalue weighted by Gasteiger charge is -2.18. The van der Waals surface area contributed by atoms with Gasteiger partial charge >= 0.3 is 0 Å². The van der Waals surface area contributed by atoms with Crippen molar-refractivity contribution in [3.05, 3.63) is 103 Å². The molecule has 0 heterocycles. The molecule has 1 radical (unpaired) electrons. The molecule has 1 nitrogen and oxygen atoms in total. The highest BCUT2D eigenvalue weighted by atomic mass is 32.2. The summed E-state index contributed by atoms with van der Waals surface area (Å²) in [4.78, 5) is 1.35. The third kappa shape index (κ3) is 5.63. The van der Waals surface area contributed by atoms with E-state index in [9.17, 15) is 0 Å². The zero-order valence-electron chi connectivity index (χ0n) is 17.3. The van der Waals surface area contributed by atoms with E-state index in [-0.39, 0.29) is 0 Å². The minimum absolute atomic E-state index is 0.608. The predicted octanol–water partition coefficient (Wildman–Crippen LogP) is 5.78. The molecule has 0 amide bonds. The number of rotatable bonds is 9. The van der Waals surface area contributed by atoms with Crippen LogP contribution in [0.1, 0.15) is 13.3 Å². The maximum atomic E-state index is 6.49. The summed E-state index contributed by atoms with van der Waals surface area (Å²) in [6, 6.07) is 36.7. The van der Waals surface area contributed by atoms with Crippen molar-refractivity contribution in [2.45, 2.75) is 18.2 Å². The molecule has 0 aliphatic carbocycles. The van der Waals surface area contributed by atoms with Crippen LogP contribution in [0.15, 0.2) is 108 Å². The zero-order valence-corrected chi connectivity index (χ0v) is 19.1. The van der Waals surface area contributed by atoms with Crippen LogP contribution < -0.4 is 10.4 Å². The van der Waals surface area contributed by atoms with E-state index in [0.29, 0.717) is 5.92 Å². The van der Waals surface area contributed by atoms with Gasteiger partial charge in [0.2, 0.25) is 0 Å². The second-order valence-electron chi connectivity index (χ2n) is 7.62. The standard InChI is InChI=1S/C27H27OSSi/c1-22(21-29-25-17-16-23-10-8-9-11-24(23)20-25)18-19-28-30(26-12-4-2-5-13-26)27-14-6-3-7-15-27/h2-17,20,22H,18-19,21H2,1H3. The van der Waals surface area contributed by atoms with Crippen LogP contribution in [0.4, 0.5) is 0 Å². The first kappa shape index (κ1) is 20.9. The van der Waals surface area contributed by atoms with Crippen LogP contribution in [-0.4, -0.2) is 21.4 Å². The Morgan fingerprint density at radius 3 is 2.00 bits per heavy atom. The second-order valence-corrected chi connectivity index (χ2v) is 10.8. The quantitative estimate of drug-likeness (QED) is 0.247. The molecule has 0 saturated heterocycles. The van der Waals surface area contributed by atoms with Crippen LogP contribution >= 0.6 is 11.8 Å². The normalized spacial score (nSPS) is 12.3. The largest absolute Gasteiger partial charge is 0.407 e. The summed E-state index contributed by atoms with van der Waals surface area (Å²) in [5.41, 5.74) is 0. The monoisotopic (exact) mass is 427 g/mol. The molecule has 0 fully saturated rings. The first-order valence-corrected chi connectivity index (χ1v) is 12.9. The summed E-state index contributed by atoms with van der Waals surface area (Å²) < 4.78 is 6.49. The van der Waals surface area contributed by atoms with E-state index in [1.807, 2.05) is 11.8 Å². The van der Waals surface area contributed by atoms with Crippen LogP contribution in [0.3, 0.4) is 0 Å². The van der Waals surface area contributed by atoms with E-state index < -0.39 is 9.04 Å². The minimum atomic E-state index is -1.19. The highest BCUT2D eigenvalue weighted by molar-refractivity contribution is 7.99. The van der Waals surface area contributed by atoms with Gasteiger partial charge < -0.3 is 4.43 Å². The Morgan fingerprint density at radius 2 is 1.33 bits per heavy atom. The molecule has 0 spiro atoms. The Morgan fingerprint density at radius 1 is 0.733 bits per heavy atom. The van der Waals surface area contributed by atoms with Gasteiger partial charge in [0.05, 0.1) is 0 Å². The topological polar surface area (TPSA) is 9.23 Å². The number of thioether (sulfide) groups is 1. The van der Waals surface area contributed by atoms with Crippen LogP contribution in [-0.2, 0) is 4.43 Å². The molecule has 1 unspecified atom stereocenters. The molecule has 0 aromatic heterocycles. The van der Waals surface area contributed by atoms with Crippen molar-refractivity contribution in [1.82, 2.24) is 0 Å². The third-order valence-electron chi connectivity index (χ3n) is 5.18. The van der Waals surface area contributed by atoms with Gasteiger partial charge in [-0.3, -0.25) is 0 Å². The molecular weight excluding hydrogens is 400 g/mol. The van der Waals surface area contributed by atoms with Crippen molar-refractivity contribution >= 4 is 41.9 Å². The molecule has 0 saturated carbocycles. The molecular formula is C27H27OSSi. The number of benzene rings is 4. The highest BCUT2D eigenvalue weighted by Gasteiger charge is 2.19. The van der Waals surface area contributed by atoms with Gasteiger partial charge in [-0.15, -0.1) is 11.8 Å². The third-order valence-corrected chi connectivity index (χ3v) is 8.72. The average molecular weight is 428 g/mol. The van der Waals surface area contributed by atoms with Gasteiger partial charge in [-0.2, -0.15) is 0 Å². The predicted molar refractivity (Wildman–Crippen MR) is 132 cm³/mol. The van der Waals surface area contributed by atoms with E-state index in [4.69, 9.17) is 4.43 Å². The summed E-state index contributed by atoms with van der Waals surface area (Å²) in [5.74, 6) is 1.72. The minimum Gasteiger partial charge on any atom is -0.407 e. The Labute approximate surface area is 185 Å². The summed E-state index contributed by atoms with van der Waals surface area (Å²) in [7, 11) is -1.19. The zero-order chi connectivity index (χ0) is 20.6. The van der Waals surface area contributed by atoms with E-state index in [1.54, 1.807) is 0 Å². The van der Waals surface area contributed by atoms with Gasteiger partial charge in [0, 0.05) is 17.3 Å². The molecule has 4 rings (SSSR count). The fourth-order valence-corrected chi connectivity index (χ4v) is 6.45. The van der Waals surface area contributed by atoms with E-state index >= 15 is 0 Å². The Balaban J connectivity index is 1.31. The molecule has 0 bridgehead atoms. The van der Waals surface area contributed by atoms with E-state index in [2.05, 4.69) is 110 Å². The summed E-state index contributed by atoms with van der Waals surface area (Å²) >= 11 is 1.95. The van der Waals surface area contributed by atoms with Crippen molar-refractivity contribution in [1.29, 1.82) is 0 Å². The molecule has 0 aliphatic heterocycles. The molecule has 4 aromatic carbocycles. The van der Waals surface area contributed by atoms with Crippen molar-refractivity contribution in [3.63, 3.8) is 0 Å². The fraction of sp³-hybridized carbons (Fsp3) is 0.185. The smallest absolute Gasteiger partial charge is 0.282 e. The van der Waals surface area contributed by atoms with Gasteiger partial charge in [-0.1, -0.05) is 97.9 Å². The lowest BCUT2D eigenvalue weighted by molar-refractivity contribution is 0.303. The lowest BCUT2D eigenvalue weighted by Crippen LogP contribution is -2.45. The van der Waals surface area contributed by atoms with Crippen LogP contribution in [0.5, 0.6) is 0 Å². The van der Waals surface area contributed by atoms with E-state index in [1.165, 1.54) is 26.0 Å². The maximum absolute atomic E-state index is 6.49. The maximum Gasteiger partial charge on any atom is 0.282 e. The van der Waals surface area contributed by atoms with Gasteiger partial charge in [0.1, 0.15) is 0 Å². The number of fused-ring (bicyclic) bond motifs is 1. The molecule has 3 heteroatoms. The van der Waals surface area contributed by atoms with Crippen molar-refractivity contribution in [2.75, 3.05) is 12.4 Å². The fourth-order valence-electron chi connectivity index (χ4n) is 3.45. The summed E-state index contributed by atoms with van der Waals surface area (Å²) in [6.45, 7) is 3.13. The molecule has 4 aromatic rings. The van der Waals surface area contributed by atoms with Crippen LogP contribution in [0.25, 0.3) is 10.8 Å². The first-order valence-electron chi connectivity index (χ1n) is 10.5. The van der Waals surface area contributed by atoms with Gasteiger partial charge in [-0.25, -0.2) is 0 Å². The number of hydrogen-bond acceptors (Lipinski definition) is 2. The van der Waals surface area contributed by atoms with Gasteiger partial charge in [0.15, 0.2) is 0 Å².